The zero-order valence-corrected chi connectivity index (χ0v) is 15.8. The Balaban J connectivity index is 1.58. The number of fused-ring (bicyclic) bond motifs is 1. The van der Waals surface area contributed by atoms with Gasteiger partial charge in [0.15, 0.2) is 5.96 Å². The van der Waals surface area contributed by atoms with Crippen molar-refractivity contribution < 1.29 is 13.9 Å². The molecule has 0 aromatic heterocycles. The van der Waals surface area contributed by atoms with Gasteiger partial charge in [0.2, 0.25) is 0 Å². The third-order valence-electron chi connectivity index (χ3n) is 4.38. The van der Waals surface area contributed by atoms with E-state index in [-0.39, 0.29) is 18.5 Å². The molecule has 0 saturated heterocycles. The summed E-state index contributed by atoms with van der Waals surface area (Å²) in [6.45, 7) is 4.15. The normalized spacial score (nSPS) is 16.0. The molecule has 0 bridgehead atoms. The molecular weight excluding hydrogens is 345 g/mol. The molecule has 1 atom stereocenters. The maximum absolute atomic E-state index is 13.7. The van der Waals surface area contributed by atoms with Crippen LogP contribution in [0.2, 0.25) is 0 Å². The minimum atomic E-state index is -0.257. The van der Waals surface area contributed by atoms with Gasteiger partial charge >= 0.3 is 0 Å². The number of nitrogens with one attached hydrogen (secondary N) is 2. The first-order chi connectivity index (χ1) is 13.2. The quantitative estimate of drug-likeness (QED) is 0.580. The van der Waals surface area contributed by atoms with Gasteiger partial charge in [0.25, 0.3) is 0 Å². The van der Waals surface area contributed by atoms with E-state index in [2.05, 4.69) is 21.7 Å². The van der Waals surface area contributed by atoms with Crippen LogP contribution in [0, 0.1) is 5.82 Å². The number of nitrogens with zero attached hydrogens (tertiary/aromatic N) is 1. The molecule has 1 heterocycles. The molecule has 0 saturated carbocycles. The highest BCUT2D eigenvalue weighted by atomic mass is 19.1. The largest absolute Gasteiger partial charge is 0.488 e. The molecule has 27 heavy (non-hydrogen) atoms. The van der Waals surface area contributed by atoms with Crippen molar-refractivity contribution in [1.29, 1.82) is 0 Å². The van der Waals surface area contributed by atoms with Crippen LogP contribution in [0.1, 0.15) is 23.6 Å². The summed E-state index contributed by atoms with van der Waals surface area (Å²) in [5.74, 6) is 1.42. The lowest BCUT2D eigenvalue weighted by Gasteiger charge is -2.15. The van der Waals surface area contributed by atoms with Gasteiger partial charge in [0, 0.05) is 25.6 Å². The maximum atomic E-state index is 13.7. The van der Waals surface area contributed by atoms with Gasteiger partial charge in [-0.05, 0) is 36.2 Å². The maximum Gasteiger partial charge on any atom is 0.191 e. The van der Waals surface area contributed by atoms with Crippen LogP contribution in [-0.4, -0.2) is 32.3 Å². The summed E-state index contributed by atoms with van der Waals surface area (Å²) in [5, 5.41) is 6.57. The lowest BCUT2D eigenvalue weighted by atomic mass is 10.1. The molecule has 0 spiro atoms. The Morgan fingerprint density at radius 2 is 2.11 bits per heavy atom. The Labute approximate surface area is 159 Å². The number of hydrogen-bond acceptors (Lipinski definition) is 3. The SMILES string of the molecule is CCNC(=NCc1ccc(F)c(COC)c1)NCC1Cc2ccccc2O1. The minimum Gasteiger partial charge on any atom is -0.488 e. The molecule has 1 aliphatic rings. The predicted octanol–water partition coefficient (Wildman–Crippen LogP) is 3.03. The number of guanidine groups is 1. The van der Waals surface area contributed by atoms with Gasteiger partial charge in [-0.2, -0.15) is 0 Å². The molecule has 5 nitrogen and oxygen atoms in total. The summed E-state index contributed by atoms with van der Waals surface area (Å²) in [5.41, 5.74) is 2.72. The predicted molar refractivity (Wildman–Crippen MR) is 104 cm³/mol. The third kappa shape index (κ3) is 5.20. The van der Waals surface area contributed by atoms with Crippen LogP contribution in [0.3, 0.4) is 0 Å². The molecule has 2 aromatic rings. The van der Waals surface area contributed by atoms with Gasteiger partial charge < -0.3 is 20.1 Å². The van der Waals surface area contributed by atoms with Crippen LogP contribution in [-0.2, 0) is 24.3 Å². The van der Waals surface area contributed by atoms with E-state index in [1.165, 1.54) is 11.6 Å². The number of rotatable bonds is 7. The fourth-order valence-corrected chi connectivity index (χ4v) is 3.08. The molecule has 0 amide bonds. The van der Waals surface area contributed by atoms with Crippen molar-refractivity contribution in [2.45, 2.75) is 32.6 Å². The van der Waals surface area contributed by atoms with Gasteiger partial charge in [-0.25, -0.2) is 9.38 Å². The lowest BCUT2D eigenvalue weighted by molar-refractivity contribution is 0.181. The highest BCUT2D eigenvalue weighted by Crippen LogP contribution is 2.27. The first-order valence-electron chi connectivity index (χ1n) is 9.22. The Kier molecular flexibility index (Phi) is 6.65. The molecule has 144 valence electrons. The second-order valence-electron chi connectivity index (χ2n) is 6.49. The second kappa shape index (κ2) is 9.37. The summed E-state index contributed by atoms with van der Waals surface area (Å²) >= 11 is 0. The zero-order valence-electron chi connectivity index (χ0n) is 15.8. The van der Waals surface area contributed by atoms with Gasteiger partial charge in [-0.1, -0.05) is 24.3 Å². The molecule has 2 aromatic carbocycles. The smallest absolute Gasteiger partial charge is 0.191 e. The number of aliphatic imine (C=N–C) groups is 1. The van der Waals surface area contributed by atoms with Crippen LogP contribution in [0.25, 0.3) is 0 Å². The minimum absolute atomic E-state index is 0.0883. The topological polar surface area (TPSA) is 54.9 Å². The first-order valence-corrected chi connectivity index (χ1v) is 9.22. The van der Waals surface area contributed by atoms with Gasteiger partial charge in [-0.15, -0.1) is 0 Å². The summed E-state index contributed by atoms with van der Waals surface area (Å²) in [6.07, 6.45) is 0.978. The second-order valence-corrected chi connectivity index (χ2v) is 6.49. The Bertz CT molecular complexity index is 770. The molecule has 0 aliphatic carbocycles. The average molecular weight is 371 g/mol. The van der Waals surface area contributed by atoms with Gasteiger partial charge in [0.1, 0.15) is 17.7 Å². The summed E-state index contributed by atoms with van der Waals surface area (Å²) in [4.78, 5) is 4.60. The molecule has 0 radical (unpaired) electrons. The fourth-order valence-electron chi connectivity index (χ4n) is 3.08. The van der Waals surface area contributed by atoms with Crippen LogP contribution in [0.15, 0.2) is 47.5 Å². The Morgan fingerprint density at radius 3 is 2.89 bits per heavy atom. The van der Waals surface area contributed by atoms with Crippen molar-refractivity contribution in [1.82, 2.24) is 10.6 Å². The molecule has 6 heteroatoms. The van der Waals surface area contributed by atoms with Gasteiger partial charge in [0.05, 0.1) is 19.7 Å². The fraction of sp³-hybridized carbons (Fsp3) is 0.381. The van der Waals surface area contributed by atoms with E-state index in [1.807, 2.05) is 25.1 Å². The van der Waals surface area contributed by atoms with Gasteiger partial charge in [-0.3, -0.25) is 0 Å². The lowest BCUT2D eigenvalue weighted by Crippen LogP contribution is -2.42. The standard InChI is InChI=1S/C21H26FN3O2/c1-3-23-21(24-12-15-8-9-19(22)17(10-15)14-26-2)25-13-18-11-16-6-4-5-7-20(16)27-18/h4-10,18H,3,11-14H2,1-2H3,(H2,23,24,25). The molecule has 1 aliphatic heterocycles. The summed E-state index contributed by atoms with van der Waals surface area (Å²) in [7, 11) is 1.56. The van der Waals surface area contributed by atoms with Crippen LogP contribution in [0.4, 0.5) is 4.39 Å². The van der Waals surface area contributed by atoms with Crippen LogP contribution in [0.5, 0.6) is 5.75 Å². The van der Waals surface area contributed by atoms with Crippen molar-refractivity contribution in [3.8, 4) is 5.75 Å². The van der Waals surface area contributed by atoms with Crippen molar-refractivity contribution in [3.05, 3.63) is 65.0 Å². The van der Waals surface area contributed by atoms with Crippen LogP contribution < -0.4 is 15.4 Å². The number of halogens is 1. The number of hydrogen-bond donors (Lipinski definition) is 2. The summed E-state index contributed by atoms with van der Waals surface area (Å²) in [6, 6.07) is 13.1. The van der Waals surface area contributed by atoms with E-state index >= 15 is 0 Å². The molecule has 3 rings (SSSR count). The van der Waals surface area contributed by atoms with E-state index < -0.39 is 0 Å². The van der Waals surface area contributed by atoms with Crippen molar-refractivity contribution in [2.75, 3.05) is 20.2 Å². The Morgan fingerprint density at radius 1 is 1.26 bits per heavy atom. The van der Waals surface area contributed by atoms with E-state index in [0.717, 1.165) is 30.2 Å². The van der Waals surface area contributed by atoms with Crippen molar-refractivity contribution in [3.63, 3.8) is 0 Å². The monoisotopic (exact) mass is 371 g/mol. The first kappa shape index (κ1) is 19.2. The third-order valence-corrected chi connectivity index (χ3v) is 4.38. The molecule has 1 unspecified atom stereocenters. The highest BCUT2D eigenvalue weighted by Gasteiger charge is 2.22. The van der Waals surface area contributed by atoms with E-state index in [4.69, 9.17) is 9.47 Å². The Hall–Kier alpha value is -2.60. The average Bonchev–Trinajstić information content (AvgIpc) is 3.09. The zero-order chi connectivity index (χ0) is 19.1. The van der Waals surface area contributed by atoms with E-state index in [9.17, 15) is 4.39 Å². The van der Waals surface area contributed by atoms with Crippen molar-refractivity contribution in [2.24, 2.45) is 4.99 Å². The highest BCUT2D eigenvalue weighted by molar-refractivity contribution is 5.79. The molecule has 0 fully saturated rings. The number of methoxy groups -OCH3 is 1. The van der Waals surface area contributed by atoms with Crippen molar-refractivity contribution >= 4 is 5.96 Å². The van der Waals surface area contributed by atoms with E-state index in [1.54, 1.807) is 19.2 Å². The summed E-state index contributed by atoms with van der Waals surface area (Å²) < 4.78 is 24.7. The molecule has 2 N–H and O–H groups in total. The number of benzene rings is 2. The number of para-hydroxylation sites is 1. The number of ether oxygens (including phenoxy) is 2. The van der Waals surface area contributed by atoms with E-state index in [0.29, 0.717) is 18.7 Å². The molecular formula is C21H26FN3O2. The van der Waals surface area contributed by atoms with Crippen LogP contribution >= 0.6 is 0 Å².